The van der Waals surface area contributed by atoms with Crippen molar-refractivity contribution in [1.29, 1.82) is 0 Å². The van der Waals surface area contributed by atoms with E-state index in [9.17, 15) is 9.59 Å². The molecule has 0 bridgehead atoms. The third-order valence-electron chi connectivity index (χ3n) is 1.71. The van der Waals surface area contributed by atoms with Gasteiger partial charge in [-0.1, -0.05) is 0 Å². The summed E-state index contributed by atoms with van der Waals surface area (Å²) in [5, 5.41) is 10.9. The SMILES string of the molecule is CNC(=O)CCN(C)CCC(=O)O. The molecule has 0 radical (unpaired) electrons. The maximum absolute atomic E-state index is 10.8. The van der Waals surface area contributed by atoms with Crippen LogP contribution in [0.5, 0.6) is 0 Å². The first-order valence-electron chi connectivity index (χ1n) is 4.17. The number of aliphatic carboxylic acids is 1. The molecule has 5 nitrogen and oxygen atoms in total. The van der Waals surface area contributed by atoms with Crippen molar-refractivity contribution in [3.63, 3.8) is 0 Å². The molecular formula is C8H16N2O3. The zero-order valence-corrected chi connectivity index (χ0v) is 8.04. The molecule has 0 atom stereocenters. The average molecular weight is 188 g/mol. The number of hydrogen-bond donors (Lipinski definition) is 2. The van der Waals surface area contributed by atoms with Crippen molar-refractivity contribution >= 4 is 11.9 Å². The van der Waals surface area contributed by atoms with Crippen LogP contribution in [-0.2, 0) is 9.59 Å². The average Bonchev–Trinajstić information content (AvgIpc) is 2.10. The second-order valence-electron chi connectivity index (χ2n) is 2.87. The van der Waals surface area contributed by atoms with Gasteiger partial charge in [-0.25, -0.2) is 0 Å². The summed E-state index contributed by atoms with van der Waals surface area (Å²) in [5.41, 5.74) is 0. The second-order valence-corrected chi connectivity index (χ2v) is 2.87. The number of carbonyl (C=O) groups excluding carboxylic acids is 1. The minimum Gasteiger partial charge on any atom is -0.481 e. The molecule has 0 heterocycles. The van der Waals surface area contributed by atoms with Gasteiger partial charge in [0, 0.05) is 26.6 Å². The van der Waals surface area contributed by atoms with E-state index in [1.807, 2.05) is 4.90 Å². The molecule has 0 spiro atoms. The van der Waals surface area contributed by atoms with Gasteiger partial charge >= 0.3 is 5.97 Å². The Labute approximate surface area is 77.7 Å². The molecular weight excluding hydrogens is 172 g/mol. The van der Waals surface area contributed by atoms with Gasteiger partial charge in [-0.2, -0.15) is 0 Å². The Hall–Kier alpha value is -1.10. The number of carbonyl (C=O) groups is 2. The van der Waals surface area contributed by atoms with Crippen LogP contribution >= 0.6 is 0 Å². The van der Waals surface area contributed by atoms with Gasteiger partial charge < -0.3 is 15.3 Å². The standard InChI is InChI=1S/C8H16N2O3/c1-9-7(11)3-5-10(2)6-4-8(12)13/h3-6H2,1-2H3,(H,9,11)(H,12,13). The molecule has 0 aliphatic carbocycles. The van der Waals surface area contributed by atoms with Crippen LogP contribution in [0.1, 0.15) is 12.8 Å². The summed E-state index contributed by atoms with van der Waals surface area (Å²) in [6, 6.07) is 0. The van der Waals surface area contributed by atoms with Gasteiger partial charge in [0.15, 0.2) is 0 Å². The lowest BCUT2D eigenvalue weighted by Crippen LogP contribution is -2.28. The lowest BCUT2D eigenvalue weighted by molar-refractivity contribution is -0.137. The third-order valence-corrected chi connectivity index (χ3v) is 1.71. The smallest absolute Gasteiger partial charge is 0.304 e. The van der Waals surface area contributed by atoms with Gasteiger partial charge in [0.2, 0.25) is 5.91 Å². The maximum Gasteiger partial charge on any atom is 0.304 e. The van der Waals surface area contributed by atoms with Crippen LogP contribution in [0, 0.1) is 0 Å². The molecule has 0 saturated heterocycles. The van der Waals surface area contributed by atoms with E-state index in [2.05, 4.69) is 5.32 Å². The molecule has 2 N–H and O–H groups in total. The molecule has 0 rings (SSSR count). The van der Waals surface area contributed by atoms with Crippen LogP contribution < -0.4 is 5.32 Å². The first-order chi connectivity index (χ1) is 6.06. The molecule has 0 aromatic rings. The lowest BCUT2D eigenvalue weighted by Gasteiger charge is -2.14. The maximum atomic E-state index is 10.8. The second kappa shape index (κ2) is 6.42. The Bertz CT molecular complexity index is 182. The molecule has 0 aliphatic rings. The Kier molecular flexibility index (Phi) is 5.88. The number of amides is 1. The van der Waals surface area contributed by atoms with Crippen molar-refractivity contribution in [2.45, 2.75) is 12.8 Å². The van der Waals surface area contributed by atoms with Crippen LogP contribution in [-0.4, -0.2) is 49.1 Å². The quantitative estimate of drug-likeness (QED) is 0.591. The van der Waals surface area contributed by atoms with Crippen LogP contribution in [0.4, 0.5) is 0 Å². The molecule has 13 heavy (non-hydrogen) atoms. The fraction of sp³-hybridized carbons (Fsp3) is 0.750. The minimum atomic E-state index is -0.813. The Balaban J connectivity index is 3.45. The Morgan fingerprint density at radius 1 is 1.31 bits per heavy atom. The Morgan fingerprint density at radius 2 is 1.85 bits per heavy atom. The topological polar surface area (TPSA) is 69.6 Å². The predicted molar refractivity (Wildman–Crippen MR) is 48.4 cm³/mol. The largest absolute Gasteiger partial charge is 0.481 e. The van der Waals surface area contributed by atoms with Crippen molar-refractivity contribution < 1.29 is 14.7 Å². The number of carboxylic acids is 1. The van der Waals surface area contributed by atoms with E-state index in [0.29, 0.717) is 19.5 Å². The van der Waals surface area contributed by atoms with Crippen LogP contribution in [0.15, 0.2) is 0 Å². The zero-order chi connectivity index (χ0) is 10.3. The van der Waals surface area contributed by atoms with E-state index >= 15 is 0 Å². The molecule has 0 aromatic heterocycles. The number of hydrogen-bond acceptors (Lipinski definition) is 3. The predicted octanol–water partition coefficient (Wildman–Crippen LogP) is -0.471. The highest BCUT2D eigenvalue weighted by molar-refractivity contribution is 5.75. The fourth-order valence-corrected chi connectivity index (χ4v) is 0.816. The summed E-state index contributed by atoms with van der Waals surface area (Å²) >= 11 is 0. The lowest BCUT2D eigenvalue weighted by atomic mass is 10.3. The normalized spacial score (nSPS) is 10.1. The van der Waals surface area contributed by atoms with E-state index in [-0.39, 0.29) is 12.3 Å². The van der Waals surface area contributed by atoms with Crippen LogP contribution in [0.25, 0.3) is 0 Å². The highest BCUT2D eigenvalue weighted by Crippen LogP contribution is 1.90. The molecule has 0 saturated carbocycles. The molecule has 0 unspecified atom stereocenters. The number of nitrogens with zero attached hydrogens (tertiary/aromatic N) is 1. The van der Waals surface area contributed by atoms with E-state index in [1.165, 1.54) is 0 Å². The van der Waals surface area contributed by atoms with Crippen LogP contribution in [0.3, 0.4) is 0 Å². The van der Waals surface area contributed by atoms with Crippen molar-refractivity contribution in [2.75, 3.05) is 27.2 Å². The van der Waals surface area contributed by atoms with Gasteiger partial charge in [0.25, 0.3) is 0 Å². The van der Waals surface area contributed by atoms with E-state index < -0.39 is 5.97 Å². The summed E-state index contributed by atoms with van der Waals surface area (Å²) < 4.78 is 0. The third kappa shape index (κ3) is 7.27. The van der Waals surface area contributed by atoms with Crippen molar-refractivity contribution in [3.8, 4) is 0 Å². The number of nitrogens with one attached hydrogen (secondary N) is 1. The van der Waals surface area contributed by atoms with Gasteiger partial charge in [-0.15, -0.1) is 0 Å². The molecule has 0 aliphatic heterocycles. The summed E-state index contributed by atoms with van der Waals surface area (Å²) in [6.07, 6.45) is 0.525. The van der Waals surface area contributed by atoms with Gasteiger partial charge in [0.05, 0.1) is 6.42 Å². The first-order valence-corrected chi connectivity index (χ1v) is 4.17. The molecule has 0 fully saturated rings. The van der Waals surface area contributed by atoms with Gasteiger partial charge in [-0.05, 0) is 7.05 Å². The summed E-state index contributed by atoms with van der Waals surface area (Å²) in [7, 11) is 3.38. The molecule has 5 heteroatoms. The number of carboxylic acid groups (broad SMARTS) is 1. The molecule has 1 amide bonds. The summed E-state index contributed by atoms with van der Waals surface area (Å²) in [6.45, 7) is 1.07. The fourth-order valence-electron chi connectivity index (χ4n) is 0.816. The van der Waals surface area contributed by atoms with Crippen molar-refractivity contribution in [3.05, 3.63) is 0 Å². The van der Waals surface area contributed by atoms with Gasteiger partial charge in [-0.3, -0.25) is 9.59 Å². The summed E-state index contributed by atoms with van der Waals surface area (Å²) in [4.78, 5) is 22.8. The molecule has 76 valence electrons. The van der Waals surface area contributed by atoms with Crippen LogP contribution in [0.2, 0.25) is 0 Å². The molecule has 0 aromatic carbocycles. The van der Waals surface area contributed by atoms with Crippen molar-refractivity contribution in [1.82, 2.24) is 10.2 Å². The van der Waals surface area contributed by atoms with E-state index in [1.54, 1.807) is 14.1 Å². The zero-order valence-electron chi connectivity index (χ0n) is 8.04. The monoisotopic (exact) mass is 188 g/mol. The van der Waals surface area contributed by atoms with Gasteiger partial charge in [0.1, 0.15) is 0 Å². The number of rotatable bonds is 6. The minimum absolute atomic E-state index is 0.0258. The first kappa shape index (κ1) is 11.9. The van der Waals surface area contributed by atoms with Crippen molar-refractivity contribution in [2.24, 2.45) is 0 Å². The highest BCUT2D eigenvalue weighted by atomic mass is 16.4. The Morgan fingerprint density at radius 3 is 2.31 bits per heavy atom. The van der Waals surface area contributed by atoms with E-state index in [0.717, 1.165) is 0 Å². The summed E-state index contributed by atoms with van der Waals surface area (Å²) in [5.74, 6) is -0.839. The highest BCUT2D eigenvalue weighted by Gasteiger charge is 2.04. The van der Waals surface area contributed by atoms with E-state index in [4.69, 9.17) is 5.11 Å².